The van der Waals surface area contributed by atoms with E-state index in [1.807, 2.05) is 6.92 Å². The summed E-state index contributed by atoms with van der Waals surface area (Å²) in [4.78, 5) is 24.3. The number of hydrogen-bond donors (Lipinski definition) is 0. The van der Waals surface area contributed by atoms with E-state index < -0.39 is 0 Å². The predicted molar refractivity (Wildman–Crippen MR) is 79.4 cm³/mol. The Morgan fingerprint density at radius 3 is 2.67 bits per heavy atom. The maximum absolute atomic E-state index is 11.7. The summed E-state index contributed by atoms with van der Waals surface area (Å²) in [5, 5.41) is 10.9. The highest BCUT2D eigenvalue weighted by Crippen LogP contribution is 2.29. The number of hydrogen-bond acceptors (Lipinski definition) is 5. The van der Waals surface area contributed by atoms with Crippen LogP contribution in [0.1, 0.15) is 25.3 Å². The molecule has 0 aliphatic carbocycles. The predicted octanol–water partition coefficient (Wildman–Crippen LogP) is 2.68. The van der Waals surface area contributed by atoms with Crippen molar-refractivity contribution in [1.82, 2.24) is 0 Å². The zero-order valence-corrected chi connectivity index (χ0v) is 12.4. The topological polar surface area (TPSA) is 72.7 Å². The Morgan fingerprint density at radius 2 is 2.10 bits per heavy atom. The molecule has 2 rings (SSSR count). The van der Waals surface area contributed by atoms with Crippen molar-refractivity contribution in [2.45, 2.75) is 26.7 Å². The Labute approximate surface area is 123 Å². The summed E-state index contributed by atoms with van der Waals surface area (Å²) in [6, 6.07) is 4.90. The van der Waals surface area contributed by atoms with Crippen LogP contribution in [-0.2, 0) is 9.53 Å². The molecular formula is C15H20N2O4. The fraction of sp³-hybridized carbons (Fsp3) is 0.533. The average Bonchev–Trinajstić information content (AvgIpc) is 2.48. The normalized spacial score (nSPS) is 15.8. The largest absolute Gasteiger partial charge is 0.466 e. The van der Waals surface area contributed by atoms with Gasteiger partial charge in [-0.15, -0.1) is 0 Å². The Hall–Kier alpha value is -2.11. The molecule has 0 saturated carbocycles. The summed E-state index contributed by atoms with van der Waals surface area (Å²) in [6.45, 7) is 5.58. The lowest BCUT2D eigenvalue weighted by molar-refractivity contribution is -0.384. The molecule has 6 heteroatoms. The van der Waals surface area contributed by atoms with Crippen molar-refractivity contribution in [3.05, 3.63) is 33.9 Å². The van der Waals surface area contributed by atoms with Crippen molar-refractivity contribution >= 4 is 17.3 Å². The van der Waals surface area contributed by atoms with Gasteiger partial charge in [0.15, 0.2) is 0 Å². The smallest absolute Gasteiger partial charge is 0.309 e. The number of aryl methyl sites for hydroxylation is 1. The van der Waals surface area contributed by atoms with E-state index in [9.17, 15) is 14.9 Å². The van der Waals surface area contributed by atoms with Gasteiger partial charge in [-0.05, 0) is 32.3 Å². The van der Waals surface area contributed by atoms with Crippen LogP contribution in [0, 0.1) is 23.0 Å². The molecule has 1 aliphatic rings. The number of carbonyl (C=O) groups excluding carboxylic acids is 1. The molecule has 0 aromatic heterocycles. The van der Waals surface area contributed by atoms with E-state index in [0.717, 1.165) is 24.1 Å². The lowest BCUT2D eigenvalue weighted by Crippen LogP contribution is -2.37. The number of rotatable bonds is 4. The van der Waals surface area contributed by atoms with Crippen LogP contribution in [0.5, 0.6) is 0 Å². The van der Waals surface area contributed by atoms with Gasteiger partial charge < -0.3 is 9.64 Å². The van der Waals surface area contributed by atoms with Gasteiger partial charge in [0.05, 0.1) is 17.4 Å². The van der Waals surface area contributed by atoms with Crippen LogP contribution in [0.15, 0.2) is 18.2 Å². The van der Waals surface area contributed by atoms with Gasteiger partial charge in [-0.3, -0.25) is 14.9 Å². The highest BCUT2D eigenvalue weighted by Gasteiger charge is 2.27. The van der Waals surface area contributed by atoms with Gasteiger partial charge in [-0.25, -0.2) is 0 Å². The first kappa shape index (κ1) is 15.3. The summed E-state index contributed by atoms with van der Waals surface area (Å²) >= 11 is 0. The third kappa shape index (κ3) is 3.51. The number of ether oxygens (including phenoxy) is 1. The van der Waals surface area contributed by atoms with E-state index in [4.69, 9.17) is 4.74 Å². The molecule has 0 atom stereocenters. The molecule has 1 saturated heterocycles. The molecule has 6 nitrogen and oxygen atoms in total. The first-order valence-electron chi connectivity index (χ1n) is 7.19. The van der Waals surface area contributed by atoms with Gasteiger partial charge in [-0.2, -0.15) is 0 Å². The standard InChI is InChI=1S/C15H20N2O4/c1-3-21-15(18)12-6-8-16(9-7-12)14-10-13(17(19)20)5-4-11(14)2/h4-5,10,12H,3,6-9H2,1-2H3. The zero-order chi connectivity index (χ0) is 15.4. The monoisotopic (exact) mass is 292 g/mol. The SMILES string of the molecule is CCOC(=O)C1CCN(c2cc([N+](=O)[O-])ccc2C)CC1. The second kappa shape index (κ2) is 6.56. The zero-order valence-electron chi connectivity index (χ0n) is 12.4. The fourth-order valence-electron chi connectivity index (χ4n) is 2.67. The van der Waals surface area contributed by atoms with Gasteiger partial charge >= 0.3 is 5.97 Å². The van der Waals surface area contributed by atoms with Crippen molar-refractivity contribution in [3.8, 4) is 0 Å². The number of anilines is 1. The minimum atomic E-state index is -0.381. The Kier molecular flexibility index (Phi) is 4.77. The highest BCUT2D eigenvalue weighted by molar-refractivity contribution is 5.73. The number of esters is 1. The Balaban J connectivity index is 2.07. The molecule has 1 heterocycles. The van der Waals surface area contributed by atoms with Crippen LogP contribution >= 0.6 is 0 Å². The van der Waals surface area contributed by atoms with Crippen LogP contribution in [0.4, 0.5) is 11.4 Å². The number of nitrogens with zero attached hydrogens (tertiary/aromatic N) is 2. The van der Waals surface area contributed by atoms with Crippen LogP contribution in [0.25, 0.3) is 0 Å². The van der Waals surface area contributed by atoms with Gasteiger partial charge in [0, 0.05) is 30.9 Å². The van der Waals surface area contributed by atoms with Gasteiger partial charge in [0.2, 0.25) is 0 Å². The first-order chi connectivity index (χ1) is 10.0. The van der Waals surface area contributed by atoms with Crippen LogP contribution in [-0.4, -0.2) is 30.6 Å². The van der Waals surface area contributed by atoms with Gasteiger partial charge in [0.25, 0.3) is 5.69 Å². The second-order valence-corrected chi connectivity index (χ2v) is 5.24. The molecule has 0 bridgehead atoms. The first-order valence-corrected chi connectivity index (χ1v) is 7.19. The number of piperidine rings is 1. The number of non-ortho nitro benzene ring substituents is 1. The molecule has 1 aliphatic heterocycles. The van der Waals surface area contributed by atoms with E-state index in [0.29, 0.717) is 19.7 Å². The molecule has 0 unspecified atom stereocenters. The fourth-order valence-corrected chi connectivity index (χ4v) is 2.67. The minimum Gasteiger partial charge on any atom is -0.466 e. The lowest BCUT2D eigenvalue weighted by Gasteiger charge is -2.33. The molecule has 0 N–H and O–H groups in total. The molecule has 0 radical (unpaired) electrons. The van der Waals surface area contributed by atoms with Crippen molar-refractivity contribution in [2.75, 3.05) is 24.6 Å². The molecular weight excluding hydrogens is 272 g/mol. The maximum Gasteiger partial charge on any atom is 0.309 e. The molecule has 1 aromatic rings. The van der Waals surface area contributed by atoms with Gasteiger partial charge in [0.1, 0.15) is 0 Å². The Morgan fingerprint density at radius 1 is 1.43 bits per heavy atom. The van der Waals surface area contributed by atoms with Crippen molar-refractivity contribution in [1.29, 1.82) is 0 Å². The summed E-state index contributed by atoms with van der Waals surface area (Å²) < 4.78 is 5.05. The van der Waals surface area contributed by atoms with Crippen LogP contribution in [0.3, 0.4) is 0 Å². The van der Waals surface area contributed by atoms with Crippen LogP contribution in [0.2, 0.25) is 0 Å². The average molecular weight is 292 g/mol. The number of benzene rings is 1. The molecule has 1 fully saturated rings. The van der Waals surface area contributed by atoms with E-state index in [1.54, 1.807) is 19.1 Å². The summed E-state index contributed by atoms with van der Waals surface area (Å²) in [5.74, 6) is -0.187. The second-order valence-electron chi connectivity index (χ2n) is 5.24. The molecule has 0 spiro atoms. The summed E-state index contributed by atoms with van der Waals surface area (Å²) in [6.07, 6.45) is 1.45. The van der Waals surface area contributed by atoms with Crippen molar-refractivity contribution < 1.29 is 14.5 Å². The van der Waals surface area contributed by atoms with E-state index in [-0.39, 0.29) is 22.5 Å². The summed E-state index contributed by atoms with van der Waals surface area (Å²) in [7, 11) is 0. The molecule has 0 amide bonds. The quantitative estimate of drug-likeness (QED) is 0.484. The van der Waals surface area contributed by atoms with Crippen molar-refractivity contribution in [2.24, 2.45) is 5.92 Å². The molecule has 21 heavy (non-hydrogen) atoms. The van der Waals surface area contributed by atoms with Gasteiger partial charge in [-0.1, -0.05) is 6.07 Å². The third-order valence-electron chi connectivity index (χ3n) is 3.86. The minimum absolute atomic E-state index is 0.0554. The van der Waals surface area contributed by atoms with E-state index >= 15 is 0 Å². The maximum atomic E-state index is 11.7. The van der Waals surface area contributed by atoms with Crippen molar-refractivity contribution in [3.63, 3.8) is 0 Å². The van der Waals surface area contributed by atoms with E-state index in [2.05, 4.69) is 4.90 Å². The highest BCUT2D eigenvalue weighted by atomic mass is 16.6. The lowest BCUT2D eigenvalue weighted by atomic mass is 9.96. The Bertz CT molecular complexity index is 536. The summed E-state index contributed by atoms with van der Waals surface area (Å²) in [5.41, 5.74) is 1.99. The third-order valence-corrected chi connectivity index (χ3v) is 3.86. The molecule has 1 aromatic carbocycles. The van der Waals surface area contributed by atoms with Crippen LogP contribution < -0.4 is 4.90 Å². The number of carbonyl (C=O) groups is 1. The van der Waals surface area contributed by atoms with E-state index in [1.165, 1.54) is 6.07 Å². The number of nitro groups is 1. The molecule has 114 valence electrons. The number of nitro benzene ring substituents is 1.